The van der Waals surface area contributed by atoms with Crippen LogP contribution < -0.4 is 4.90 Å². The van der Waals surface area contributed by atoms with Crippen molar-refractivity contribution in [2.75, 3.05) is 11.4 Å². The Morgan fingerprint density at radius 1 is 1.15 bits per heavy atom. The molecule has 0 saturated heterocycles. The molecule has 0 radical (unpaired) electrons. The number of amidine groups is 1. The predicted octanol–water partition coefficient (Wildman–Crippen LogP) is 5.85. The van der Waals surface area contributed by atoms with E-state index in [1.165, 1.54) is 16.9 Å². The molecule has 136 valence electrons. The van der Waals surface area contributed by atoms with Crippen molar-refractivity contribution in [2.24, 2.45) is 0 Å². The molecule has 0 bridgehead atoms. The van der Waals surface area contributed by atoms with Gasteiger partial charge in [-0.05, 0) is 31.5 Å². The zero-order valence-corrected chi connectivity index (χ0v) is 16.5. The molecule has 2 heterocycles. The fraction of sp³-hybridized carbons (Fsp3) is 0.143. The molecule has 3 aromatic rings. The largest absolute Gasteiger partial charge is 0.510 e. The van der Waals surface area contributed by atoms with Crippen molar-refractivity contribution in [1.29, 1.82) is 5.41 Å². The number of anilines is 1. The lowest BCUT2D eigenvalue weighted by Gasteiger charge is -2.19. The molecule has 0 unspecified atom stereocenters. The summed E-state index contributed by atoms with van der Waals surface area (Å²) in [6.45, 7) is 4.22. The number of benzene rings is 2. The summed E-state index contributed by atoms with van der Waals surface area (Å²) in [5.41, 5.74) is 5.31. The monoisotopic (exact) mass is 395 g/mol. The van der Waals surface area contributed by atoms with Gasteiger partial charge in [0.15, 0.2) is 0 Å². The third kappa shape index (κ3) is 3.24. The highest BCUT2D eigenvalue weighted by Gasteiger charge is 2.31. The summed E-state index contributed by atoms with van der Waals surface area (Å²) in [6, 6.07) is 13.8. The molecule has 1 aliphatic rings. The summed E-state index contributed by atoms with van der Waals surface area (Å²) < 4.78 is 0. The molecule has 0 atom stereocenters. The highest BCUT2D eigenvalue weighted by atomic mass is 35.5. The summed E-state index contributed by atoms with van der Waals surface area (Å²) in [6.07, 6.45) is 0. The third-order valence-corrected chi connectivity index (χ3v) is 5.90. The van der Waals surface area contributed by atoms with Crippen molar-refractivity contribution in [1.82, 2.24) is 4.98 Å². The van der Waals surface area contributed by atoms with Gasteiger partial charge >= 0.3 is 0 Å². The van der Waals surface area contributed by atoms with Gasteiger partial charge in [-0.25, -0.2) is 4.98 Å². The van der Waals surface area contributed by atoms with Crippen LogP contribution in [-0.2, 0) is 0 Å². The molecule has 0 spiro atoms. The van der Waals surface area contributed by atoms with Crippen LogP contribution in [0, 0.1) is 19.3 Å². The molecule has 2 N–H and O–H groups in total. The van der Waals surface area contributed by atoms with E-state index in [0.717, 1.165) is 22.5 Å². The van der Waals surface area contributed by atoms with E-state index in [2.05, 4.69) is 4.98 Å². The van der Waals surface area contributed by atoms with Gasteiger partial charge in [-0.15, -0.1) is 11.3 Å². The van der Waals surface area contributed by atoms with E-state index in [9.17, 15) is 5.11 Å². The molecule has 0 amide bonds. The third-order valence-electron chi connectivity index (χ3n) is 4.64. The highest BCUT2D eigenvalue weighted by molar-refractivity contribution is 7.11. The Morgan fingerprint density at radius 2 is 1.89 bits per heavy atom. The summed E-state index contributed by atoms with van der Waals surface area (Å²) in [5.74, 6) is 0.388. The van der Waals surface area contributed by atoms with Gasteiger partial charge < -0.3 is 10.0 Å². The Labute approximate surface area is 166 Å². The van der Waals surface area contributed by atoms with E-state index >= 15 is 0 Å². The van der Waals surface area contributed by atoms with Gasteiger partial charge in [0.1, 0.15) is 16.6 Å². The minimum atomic E-state index is 0.154. The molecular formula is C21H18ClN3OS. The Kier molecular flexibility index (Phi) is 4.50. The molecule has 0 aliphatic carbocycles. The number of aliphatic hydroxyl groups excluding tert-OH is 1. The Balaban J connectivity index is 1.64. The van der Waals surface area contributed by atoms with Gasteiger partial charge in [0.2, 0.25) is 0 Å². The van der Waals surface area contributed by atoms with Gasteiger partial charge in [-0.1, -0.05) is 47.5 Å². The number of thiazole rings is 1. The lowest BCUT2D eigenvalue weighted by Crippen LogP contribution is -2.26. The molecule has 0 fully saturated rings. The SMILES string of the molecule is Cc1ccc(-c2csc(C3=C(O)CN(c4ccc(C)c(Cl)c4)C3=N)n2)cc1. The van der Waals surface area contributed by atoms with Gasteiger partial charge in [-0.3, -0.25) is 5.41 Å². The highest BCUT2D eigenvalue weighted by Crippen LogP contribution is 2.35. The number of aliphatic hydroxyl groups is 1. The summed E-state index contributed by atoms with van der Waals surface area (Å²) in [4.78, 5) is 6.40. The fourth-order valence-electron chi connectivity index (χ4n) is 3.02. The molecule has 2 aromatic carbocycles. The zero-order valence-electron chi connectivity index (χ0n) is 15.0. The maximum Gasteiger partial charge on any atom is 0.139 e. The number of aryl methyl sites for hydroxylation is 2. The molecular weight excluding hydrogens is 378 g/mol. The van der Waals surface area contributed by atoms with E-state index in [1.807, 2.05) is 61.7 Å². The van der Waals surface area contributed by atoms with Crippen molar-refractivity contribution >= 4 is 40.0 Å². The molecule has 4 nitrogen and oxygen atoms in total. The van der Waals surface area contributed by atoms with Gasteiger partial charge in [0.05, 0.1) is 17.8 Å². The van der Waals surface area contributed by atoms with Crippen molar-refractivity contribution in [2.45, 2.75) is 13.8 Å². The number of nitrogens with one attached hydrogen (secondary N) is 1. The minimum absolute atomic E-state index is 0.154. The van der Waals surface area contributed by atoms with Crippen LogP contribution in [0.4, 0.5) is 5.69 Å². The normalized spacial score (nSPS) is 14.3. The van der Waals surface area contributed by atoms with Crippen molar-refractivity contribution in [3.05, 3.63) is 74.8 Å². The second-order valence-electron chi connectivity index (χ2n) is 6.59. The molecule has 4 rings (SSSR count). The second kappa shape index (κ2) is 6.83. The standard InChI is InChI=1S/C21H18ClN3OS/c1-12-3-6-14(7-4-12)17-11-27-21(24-17)19-18(26)10-25(20(19)23)15-8-5-13(2)16(22)9-15/h3-9,11,23,26H,10H2,1-2H3. The van der Waals surface area contributed by atoms with Gasteiger partial charge in [-0.2, -0.15) is 0 Å². The Morgan fingerprint density at radius 3 is 2.59 bits per heavy atom. The first-order valence-electron chi connectivity index (χ1n) is 8.51. The molecule has 27 heavy (non-hydrogen) atoms. The lowest BCUT2D eigenvalue weighted by atomic mass is 10.1. The van der Waals surface area contributed by atoms with Crippen molar-refractivity contribution < 1.29 is 5.11 Å². The van der Waals surface area contributed by atoms with E-state index in [1.54, 1.807) is 4.90 Å². The zero-order chi connectivity index (χ0) is 19.1. The van der Waals surface area contributed by atoms with Crippen LogP contribution in [0.15, 0.2) is 53.6 Å². The number of rotatable bonds is 3. The summed E-state index contributed by atoms with van der Waals surface area (Å²) in [5, 5.41) is 22.3. The molecule has 1 aliphatic heterocycles. The van der Waals surface area contributed by atoms with Crippen LogP contribution >= 0.6 is 22.9 Å². The average molecular weight is 396 g/mol. The maximum absolute atomic E-state index is 10.5. The van der Waals surface area contributed by atoms with E-state index < -0.39 is 0 Å². The number of hydrogen-bond donors (Lipinski definition) is 2. The van der Waals surface area contributed by atoms with E-state index in [4.69, 9.17) is 17.0 Å². The minimum Gasteiger partial charge on any atom is -0.510 e. The number of halogens is 1. The van der Waals surface area contributed by atoms with Gasteiger partial charge in [0, 0.05) is 21.7 Å². The van der Waals surface area contributed by atoms with Crippen LogP contribution in [0.2, 0.25) is 5.02 Å². The Bertz CT molecular complexity index is 1070. The van der Waals surface area contributed by atoms with E-state index in [0.29, 0.717) is 15.6 Å². The van der Waals surface area contributed by atoms with Crippen LogP contribution in [-0.4, -0.2) is 22.5 Å². The van der Waals surface area contributed by atoms with Crippen molar-refractivity contribution in [3.63, 3.8) is 0 Å². The molecule has 0 saturated carbocycles. The second-order valence-corrected chi connectivity index (χ2v) is 7.86. The molecule has 1 aromatic heterocycles. The van der Waals surface area contributed by atoms with Crippen LogP contribution in [0.25, 0.3) is 16.8 Å². The van der Waals surface area contributed by atoms with Crippen molar-refractivity contribution in [3.8, 4) is 11.3 Å². The maximum atomic E-state index is 10.5. The summed E-state index contributed by atoms with van der Waals surface area (Å²) in [7, 11) is 0. The average Bonchev–Trinajstić information content (AvgIpc) is 3.22. The lowest BCUT2D eigenvalue weighted by molar-refractivity contribution is 0.411. The number of hydrogen-bond acceptors (Lipinski definition) is 4. The first kappa shape index (κ1) is 17.8. The van der Waals surface area contributed by atoms with Crippen LogP contribution in [0.3, 0.4) is 0 Å². The predicted molar refractivity (Wildman–Crippen MR) is 113 cm³/mol. The first-order valence-corrected chi connectivity index (χ1v) is 9.77. The summed E-state index contributed by atoms with van der Waals surface area (Å²) >= 11 is 7.66. The fourth-order valence-corrected chi connectivity index (χ4v) is 4.09. The number of nitrogens with zero attached hydrogens (tertiary/aromatic N) is 2. The van der Waals surface area contributed by atoms with Gasteiger partial charge in [0.25, 0.3) is 0 Å². The van der Waals surface area contributed by atoms with Crippen LogP contribution in [0.1, 0.15) is 16.1 Å². The first-order chi connectivity index (χ1) is 12.9. The van der Waals surface area contributed by atoms with Crippen LogP contribution in [0.5, 0.6) is 0 Å². The molecule has 6 heteroatoms. The topological polar surface area (TPSA) is 60.2 Å². The van der Waals surface area contributed by atoms with E-state index in [-0.39, 0.29) is 18.1 Å². The smallest absolute Gasteiger partial charge is 0.139 e. The Hall–Kier alpha value is -2.63. The quantitative estimate of drug-likeness (QED) is 0.585. The number of aromatic nitrogens is 1.